The minimum atomic E-state index is -0.199. The second-order valence-electron chi connectivity index (χ2n) is 6.58. The second-order valence-corrected chi connectivity index (χ2v) is 6.58. The molecule has 0 unspecified atom stereocenters. The van der Waals surface area contributed by atoms with Gasteiger partial charge in [-0.1, -0.05) is 72.8 Å². The van der Waals surface area contributed by atoms with E-state index < -0.39 is 0 Å². The van der Waals surface area contributed by atoms with Crippen LogP contribution in [0.3, 0.4) is 0 Å². The van der Waals surface area contributed by atoms with E-state index in [1.807, 2.05) is 60.7 Å². The molecule has 0 saturated heterocycles. The summed E-state index contributed by atoms with van der Waals surface area (Å²) in [5.74, 6) is 0.386. The summed E-state index contributed by atoms with van der Waals surface area (Å²) in [7, 11) is 0. The Morgan fingerprint density at radius 3 is 2.10 bits per heavy atom. The third-order valence-corrected chi connectivity index (χ3v) is 4.45. The first kappa shape index (κ1) is 18.4. The van der Waals surface area contributed by atoms with Crippen molar-refractivity contribution in [1.82, 2.24) is 9.97 Å². The maximum Gasteiger partial charge on any atom is 0.230 e. The molecule has 0 atom stereocenters. The highest BCUT2D eigenvalue weighted by molar-refractivity contribution is 5.94. The van der Waals surface area contributed by atoms with Gasteiger partial charge in [0, 0.05) is 11.1 Å². The van der Waals surface area contributed by atoms with Gasteiger partial charge in [0.05, 0.1) is 18.3 Å². The van der Waals surface area contributed by atoms with Crippen LogP contribution >= 0.6 is 0 Å². The summed E-state index contributed by atoms with van der Waals surface area (Å²) in [4.78, 5) is 21.8. The number of carbonyl (C=O) groups is 1. The third-order valence-electron chi connectivity index (χ3n) is 4.45. The molecule has 2 N–H and O–H groups in total. The fourth-order valence-electron chi connectivity index (χ4n) is 3.00. The van der Waals surface area contributed by atoms with E-state index in [9.17, 15) is 9.90 Å². The van der Waals surface area contributed by atoms with E-state index >= 15 is 0 Å². The van der Waals surface area contributed by atoms with E-state index in [4.69, 9.17) is 4.98 Å². The number of nitrogens with one attached hydrogen (secondary N) is 1. The minimum absolute atomic E-state index is 0.169. The third kappa shape index (κ3) is 4.47. The number of carbonyl (C=O) groups excluding carboxylic acids is 1. The number of aromatic hydroxyl groups is 1. The number of nitrogens with zero attached hydrogens (tertiary/aromatic N) is 2. The molecule has 1 heterocycles. The number of amides is 1. The van der Waals surface area contributed by atoms with Crippen LogP contribution in [0.2, 0.25) is 0 Å². The van der Waals surface area contributed by atoms with Crippen LogP contribution in [0, 0.1) is 0 Å². The zero-order valence-electron chi connectivity index (χ0n) is 15.6. The smallest absolute Gasteiger partial charge is 0.230 e. The molecule has 4 rings (SSSR count). The molecule has 29 heavy (non-hydrogen) atoms. The van der Waals surface area contributed by atoms with Crippen LogP contribution in [-0.2, 0) is 11.2 Å². The molecule has 0 radical (unpaired) electrons. The van der Waals surface area contributed by atoms with Crippen LogP contribution in [0.4, 0.5) is 5.82 Å². The lowest BCUT2D eigenvalue weighted by atomic mass is 10.1. The van der Waals surface area contributed by atoms with Crippen molar-refractivity contribution in [2.45, 2.75) is 6.42 Å². The van der Waals surface area contributed by atoms with Gasteiger partial charge in [-0.3, -0.25) is 4.79 Å². The van der Waals surface area contributed by atoms with Gasteiger partial charge >= 0.3 is 0 Å². The predicted octanol–water partition coefficient (Wildman–Crippen LogP) is 4.70. The molecule has 4 aromatic rings. The van der Waals surface area contributed by atoms with E-state index in [0.717, 1.165) is 22.4 Å². The summed E-state index contributed by atoms with van der Waals surface area (Å²) in [5, 5.41) is 12.3. The molecule has 0 bridgehead atoms. The maximum absolute atomic E-state index is 12.6. The van der Waals surface area contributed by atoms with Crippen molar-refractivity contribution >= 4 is 11.7 Å². The zero-order valence-corrected chi connectivity index (χ0v) is 15.6. The largest absolute Gasteiger partial charge is 0.508 e. The molecule has 0 aliphatic heterocycles. The van der Waals surface area contributed by atoms with Crippen molar-refractivity contribution in [3.05, 3.63) is 96.7 Å². The van der Waals surface area contributed by atoms with Crippen molar-refractivity contribution in [2.75, 3.05) is 5.32 Å². The monoisotopic (exact) mass is 381 g/mol. The molecule has 5 nitrogen and oxygen atoms in total. The standard InChI is InChI=1S/C24H19N3O2/c28-20-13-11-17(12-14-20)15-22(29)27-24-23(19-9-5-2-6-10-19)26-21(16-25-24)18-7-3-1-4-8-18/h1-14,16,28H,15H2,(H,25,27,29). The number of hydrogen-bond donors (Lipinski definition) is 2. The Morgan fingerprint density at radius 1 is 0.828 bits per heavy atom. The number of aromatic nitrogens is 2. The van der Waals surface area contributed by atoms with E-state index in [-0.39, 0.29) is 18.1 Å². The van der Waals surface area contributed by atoms with Crippen LogP contribution in [0.5, 0.6) is 5.75 Å². The summed E-state index contributed by atoms with van der Waals surface area (Å²) in [6, 6.07) is 26.0. The fourth-order valence-corrected chi connectivity index (χ4v) is 3.00. The topological polar surface area (TPSA) is 75.1 Å². The molecular formula is C24H19N3O2. The van der Waals surface area contributed by atoms with E-state index in [1.165, 1.54) is 0 Å². The average molecular weight is 381 g/mol. The number of phenols is 1. The van der Waals surface area contributed by atoms with Crippen LogP contribution in [0.25, 0.3) is 22.5 Å². The molecule has 0 aliphatic rings. The highest BCUT2D eigenvalue weighted by Crippen LogP contribution is 2.27. The summed E-state index contributed by atoms with van der Waals surface area (Å²) in [6.45, 7) is 0. The molecule has 142 valence electrons. The van der Waals surface area contributed by atoms with Crippen molar-refractivity contribution in [3.8, 4) is 28.3 Å². The van der Waals surface area contributed by atoms with E-state index in [1.54, 1.807) is 30.5 Å². The van der Waals surface area contributed by atoms with Gasteiger partial charge < -0.3 is 10.4 Å². The normalized spacial score (nSPS) is 10.5. The highest BCUT2D eigenvalue weighted by atomic mass is 16.3. The average Bonchev–Trinajstić information content (AvgIpc) is 2.77. The number of benzene rings is 3. The summed E-state index contributed by atoms with van der Waals surface area (Å²) < 4.78 is 0. The molecule has 1 amide bonds. The van der Waals surface area contributed by atoms with Gasteiger partial charge in [0.1, 0.15) is 11.4 Å². The first-order chi connectivity index (χ1) is 14.2. The number of rotatable bonds is 5. The number of phenolic OH excluding ortho intramolecular Hbond substituents is 1. The Balaban J connectivity index is 1.65. The lowest BCUT2D eigenvalue weighted by Crippen LogP contribution is -2.16. The molecule has 0 spiro atoms. The molecule has 1 aromatic heterocycles. The van der Waals surface area contributed by atoms with Crippen LogP contribution in [0.1, 0.15) is 5.56 Å². The van der Waals surface area contributed by atoms with Crippen LogP contribution in [-0.4, -0.2) is 21.0 Å². The number of anilines is 1. The Hall–Kier alpha value is -3.99. The fraction of sp³-hybridized carbons (Fsp3) is 0.0417. The van der Waals surface area contributed by atoms with Gasteiger partial charge in [0.15, 0.2) is 5.82 Å². The molecule has 0 aliphatic carbocycles. The van der Waals surface area contributed by atoms with Gasteiger partial charge in [0.2, 0.25) is 5.91 Å². The zero-order chi connectivity index (χ0) is 20.1. The van der Waals surface area contributed by atoms with Gasteiger partial charge in [0.25, 0.3) is 0 Å². The summed E-state index contributed by atoms with van der Waals surface area (Å²) in [6.07, 6.45) is 1.84. The van der Waals surface area contributed by atoms with Gasteiger partial charge in [-0.05, 0) is 17.7 Å². The quantitative estimate of drug-likeness (QED) is 0.526. The van der Waals surface area contributed by atoms with E-state index in [2.05, 4.69) is 10.3 Å². The molecule has 5 heteroatoms. The number of hydrogen-bond acceptors (Lipinski definition) is 4. The van der Waals surface area contributed by atoms with Crippen molar-refractivity contribution in [3.63, 3.8) is 0 Å². The van der Waals surface area contributed by atoms with Gasteiger partial charge in [-0.25, -0.2) is 9.97 Å². The Bertz CT molecular complexity index is 1110. The predicted molar refractivity (Wildman–Crippen MR) is 113 cm³/mol. The van der Waals surface area contributed by atoms with Crippen LogP contribution in [0.15, 0.2) is 91.1 Å². The maximum atomic E-state index is 12.6. The van der Waals surface area contributed by atoms with Crippen molar-refractivity contribution in [2.24, 2.45) is 0 Å². The first-order valence-electron chi connectivity index (χ1n) is 9.25. The molecule has 3 aromatic carbocycles. The lowest BCUT2D eigenvalue weighted by Gasteiger charge is -2.12. The van der Waals surface area contributed by atoms with Gasteiger partial charge in [-0.2, -0.15) is 0 Å². The second kappa shape index (κ2) is 8.35. The lowest BCUT2D eigenvalue weighted by molar-refractivity contribution is -0.115. The van der Waals surface area contributed by atoms with Crippen LogP contribution < -0.4 is 5.32 Å². The molecular weight excluding hydrogens is 362 g/mol. The highest BCUT2D eigenvalue weighted by Gasteiger charge is 2.14. The Labute approximate surface area is 168 Å². The summed E-state index contributed by atoms with van der Waals surface area (Å²) in [5.41, 5.74) is 3.99. The van der Waals surface area contributed by atoms with Crippen molar-refractivity contribution < 1.29 is 9.90 Å². The minimum Gasteiger partial charge on any atom is -0.508 e. The Kier molecular flexibility index (Phi) is 5.29. The van der Waals surface area contributed by atoms with Crippen molar-refractivity contribution in [1.29, 1.82) is 0 Å². The summed E-state index contributed by atoms with van der Waals surface area (Å²) >= 11 is 0. The van der Waals surface area contributed by atoms with E-state index in [0.29, 0.717) is 11.5 Å². The first-order valence-corrected chi connectivity index (χ1v) is 9.25. The SMILES string of the molecule is O=C(Cc1ccc(O)cc1)Nc1ncc(-c2ccccc2)nc1-c1ccccc1. The Morgan fingerprint density at radius 2 is 1.45 bits per heavy atom. The van der Waals surface area contributed by atoms with Gasteiger partial charge in [-0.15, -0.1) is 0 Å². The molecule has 0 saturated carbocycles. The molecule has 0 fully saturated rings.